The summed E-state index contributed by atoms with van der Waals surface area (Å²) in [6.07, 6.45) is -4.38. The van der Waals surface area contributed by atoms with Crippen LogP contribution in [0.5, 0.6) is 5.75 Å². The molecule has 3 aromatic carbocycles. The van der Waals surface area contributed by atoms with E-state index >= 15 is 0 Å². The van der Waals surface area contributed by atoms with Crippen LogP contribution in [0.25, 0.3) is 33.4 Å². The SMILES string of the molecule is CNC(=O)c1c(-c2ccc(F)cc2)oc2cc([As]CC(F)(F)F)c(-c3ccc(OC)c(C(=O)OC)c3)cc12. The number of fused-ring (bicyclic) bond motifs is 1. The van der Waals surface area contributed by atoms with E-state index in [1.807, 2.05) is 0 Å². The number of methoxy groups -OCH3 is 2. The van der Waals surface area contributed by atoms with E-state index in [1.165, 1.54) is 63.7 Å². The van der Waals surface area contributed by atoms with Gasteiger partial charge in [0.2, 0.25) is 0 Å². The Bertz CT molecular complexity index is 1510. The molecule has 0 saturated heterocycles. The number of carbonyl (C=O) groups excluding carboxylic acids is 2. The number of alkyl halides is 3. The summed E-state index contributed by atoms with van der Waals surface area (Å²) in [7, 11) is 4.02. The molecule has 0 bridgehead atoms. The standard InChI is InChI=1S/C27H21AsF4NO5/c1-33-25(34)23-18-11-17(15-6-9-21(36-2)19(10-15)26(35)37-3)20(28-13-27(30,31)32)12-22(18)38-24(23)14-4-7-16(29)8-5-14/h4-12H,13H2,1-3H3,(H,33,34). The third-order valence-electron chi connectivity index (χ3n) is 5.71. The Morgan fingerprint density at radius 2 is 1.68 bits per heavy atom. The number of esters is 1. The molecule has 1 N–H and O–H groups in total. The fourth-order valence-corrected chi connectivity index (χ4v) is 5.90. The quantitative estimate of drug-likeness (QED) is 0.178. The summed E-state index contributed by atoms with van der Waals surface area (Å²) < 4.78 is 69.6. The molecule has 0 spiro atoms. The fourth-order valence-electron chi connectivity index (χ4n) is 3.97. The van der Waals surface area contributed by atoms with Gasteiger partial charge in [-0.1, -0.05) is 0 Å². The van der Waals surface area contributed by atoms with Gasteiger partial charge in [-0.15, -0.1) is 0 Å². The molecular formula is C27H21AsF4NO5. The number of amides is 1. The monoisotopic (exact) mass is 590 g/mol. The maximum atomic E-state index is 13.5. The van der Waals surface area contributed by atoms with Gasteiger partial charge < -0.3 is 0 Å². The second kappa shape index (κ2) is 10.9. The zero-order chi connectivity index (χ0) is 27.6. The number of benzene rings is 3. The van der Waals surface area contributed by atoms with Crippen molar-refractivity contribution in [3.05, 3.63) is 71.5 Å². The molecular weight excluding hydrogens is 569 g/mol. The molecule has 4 aromatic rings. The Morgan fingerprint density at radius 1 is 1.00 bits per heavy atom. The molecule has 11 heteroatoms. The van der Waals surface area contributed by atoms with E-state index in [2.05, 4.69) is 5.32 Å². The average molecular weight is 590 g/mol. The van der Waals surface area contributed by atoms with Crippen LogP contribution in [0, 0.1) is 5.82 Å². The molecule has 1 aromatic heterocycles. The van der Waals surface area contributed by atoms with Gasteiger partial charge in [-0.2, -0.15) is 0 Å². The van der Waals surface area contributed by atoms with Crippen LogP contribution in [0.2, 0.25) is 5.21 Å². The van der Waals surface area contributed by atoms with Crippen LogP contribution < -0.4 is 14.4 Å². The van der Waals surface area contributed by atoms with Crippen LogP contribution >= 0.6 is 0 Å². The summed E-state index contributed by atoms with van der Waals surface area (Å²) in [6.45, 7) is 0. The second-order valence-corrected chi connectivity index (χ2v) is 10.4. The van der Waals surface area contributed by atoms with Gasteiger partial charge in [-0.05, 0) is 0 Å². The third-order valence-corrected chi connectivity index (χ3v) is 8.29. The van der Waals surface area contributed by atoms with Crippen LogP contribution in [0.3, 0.4) is 0 Å². The Kier molecular flexibility index (Phi) is 7.83. The van der Waals surface area contributed by atoms with Gasteiger partial charge in [-0.3, -0.25) is 0 Å². The molecule has 1 radical (unpaired) electrons. The molecule has 4 rings (SSSR count). The van der Waals surface area contributed by atoms with Crippen LogP contribution in [-0.4, -0.2) is 55.1 Å². The van der Waals surface area contributed by atoms with Gasteiger partial charge >= 0.3 is 222 Å². The Morgan fingerprint density at radius 3 is 2.29 bits per heavy atom. The third kappa shape index (κ3) is 5.55. The molecule has 6 nitrogen and oxygen atoms in total. The molecule has 0 saturated carbocycles. The van der Waals surface area contributed by atoms with Crippen molar-refractivity contribution in [2.24, 2.45) is 0 Å². The van der Waals surface area contributed by atoms with Gasteiger partial charge in [0.15, 0.2) is 0 Å². The van der Waals surface area contributed by atoms with E-state index in [9.17, 15) is 27.2 Å². The van der Waals surface area contributed by atoms with Gasteiger partial charge in [0.1, 0.15) is 0 Å². The van der Waals surface area contributed by atoms with E-state index in [0.29, 0.717) is 26.4 Å². The van der Waals surface area contributed by atoms with E-state index < -0.39 is 44.8 Å². The molecule has 0 aliphatic heterocycles. The van der Waals surface area contributed by atoms with Crippen LogP contribution in [-0.2, 0) is 4.74 Å². The average Bonchev–Trinajstić information content (AvgIpc) is 3.28. The first-order valence-corrected chi connectivity index (χ1v) is 13.4. The van der Waals surface area contributed by atoms with Gasteiger partial charge in [0, 0.05) is 0 Å². The minimum absolute atomic E-state index is 0.0938. The maximum absolute atomic E-state index is 13.5. The number of hydrogen-bond donors (Lipinski definition) is 1. The number of carbonyl (C=O) groups is 2. The van der Waals surface area contributed by atoms with Crippen molar-refractivity contribution in [2.45, 2.75) is 11.4 Å². The Hall–Kier alpha value is -3.78. The van der Waals surface area contributed by atoms with Gasteiger partial charge in [0.25, 0.3) is 0 Å². The molecule has 38 heavy (non-hydrogen) atoms. The molecule has 1 heterocycles. The normalized spacial score (nSPS) is 11.8. The number of nitrogens with one attached hydrogen (secondary N) is 1. The van der Waals surface area contributed by atoms with E-state index in [1.54, 1.807) is 12.1 Å². The van der Waals surface area contributed by atoms with Gasteiger partial charge in [0.05, 0.1) is 0 Å². The minimum atomic E-state index is -4.38. The summed E-state index contributed by atoms with van der Waals surface area (Å²) in [6, 6.07) is 13.0. The molecule has 0 atom stereocenters. The van der Waals surface area contributed by atoms with Crippen LogP contribution in [0.1, 0.15) is 20.7 Å². The number of halogens is 4. The molecule has 0 aliphatic carbocycles. The summed E-state index contributed by atoms with van der Waals surface area (Å²) >= 11 is -1.41. The number of ether oxygens (including phenoxy) is 2. The summed E-state index contributed by atoms with van der Waals surface area (Å²) in [5, 5.41) is 1.90. The van der Waals surface area contributed by atoms with Crippen LogP contribution in [0.4, 0.5) is 17.6 Å². The second-order valence-electron chi connectivity index (χ2n) is 8.10. The number of hydrogen-bond acceptors (Lipinski definition) is 5. The Labute approximate surface area is 221 Å². The van der Waals surface area contributed by atoms with Gasteiger partial charge in [-0.25, -0.2) is 0 Å². The van der Waals surface area contributed by atoms with Crippen LogP contribution in [0.15, 0.2) is 59.0 Å². The first-order chi connectivity index (χ1) is 18.1. The van der Waals surface area contributed by atoms with Crippen molar-refractivity contribution >= 4 is 42.9 Å². The first-order valence-electron chi connectivity index (χ1n) is 11.2. The zero-order valence-corrected chi connectivity index (χ0v) is 22.3. The Balaban J connectivity index is 2.00. The summed E-state index contributed by atoms with van der Waals surface area (Å²) in [5.41, 5.74) is 1.72. The van der Waals surface area contributed by atoms with Crippen molar-refractivity contribution < 1.29 is 41.0 Å². The first kappa shape index (κ1) is 27.3. The topological polar surface area (TPSA) is 77.8 Å². The van der Waals surface area contributed by atoms with Crippen molar-refractivity contribution in [3.63, 3.8) is 0 Å². The zero-order valence-electron chi connectivity index (χ0n) is 20.4. The van der Waals surface area contributed by atoms with E-state index in [-0.39, 0.29) is 28.2 Å². The predicted octanol–water partition coefficient (Wildman–Crippen LogP) is 5.37. The van der Waals surface area contributed by atoms with Crippen molar-refractivity contribution in [3.8, 4) is 28.2 Å². The molecule has 197 valence electrons. The summed E-state index contributed by atoms with van der Waals surface area (Å²) in [4.78, 5) is 25.3. The predicted molar refractivity (Wildman–Crippen MR) is 135 cm³/mol. The van der Waals surface area contributed by atoms with Crippen molar-refractivity contribution in [1.82, 2.24) is 5.32 Å². The molecule has 0 fully saturated rings. The molecule has 1 amide bonds. The summed E-state index contributed by atoms with van der Waals surface area (Å²) in [5.74, 6) is -1.26. The van der Waals surface area contributed by atoms with E-state index in [4.69, 9.17) is 13.9 Å². The number of rotatable bonds is 7. The fraction of sp³-hybridized carbons (Fsp3) is 0.185. The number of furan rings is 1. The van der Waals surface area contributed by atoms with Crippen molar-refractivity contribution in [1.29, 1.82) is 0 Å². The van der Waals surface area contributed by atoms with E-state index in [0.717, 1.165) is 0 Å². The molecule has 0 aliphatic rings. The molecule has 0 unspecified atom stereocenters. The van der Waals surface area contributed by atoms with Crippen molar-refractivity contribution in [2.75, 3.05) is 21.3 Å².